The number of hydrogen-bond acceptors (Lipinski definition) is 0. The standard InChI is InChI=1S/C10H12BrCl/c1-10(2,12)7-8-3-5-9(11)6-4-8/h3-6H,7H2,1-2H3. The Labute approximate surface area is 87.1 Å². The van der Waals surface area contributed by atoms with Gasteiger partial charge in [0.2, 0.25) is 0 Å². The van der Waals surface area contributed by atoms with Crippen molar-refractivity contribution in [2.75, 3.05) is 0 Å². The van der Waals surface area contributed by atoms with E-state index >= 15 is 0 Å². The zero-order chi connectivity index (χ0) is 9.19. The summed E-state index contributed by atoms with van der Waals surface area (Å²) in [5.74, 6) is 0. The summed E-state index contributed by atoms with van der Waals surface area (Å²) < 4.78 is 1.11. The SMILES string of the molecule is CC(C)(Cl)Cc1ccc(Br)cc1. The molecule has 0 atom stereocenters. The third kappa shape index (κ3) is 3.59. The van der Waals surface area contributed by atoms with Crippen molar-refractivity contribution >= 4 is 27.5 Å². The molecule has 0 aliphatic rings. The van der Waals surface area contributed by atoms with Crippen molar-refractivity contribution in [3.63, 3.8) is 0 Å². The Morgan fingerprint density at radius 1 is 1.25 bits per heavy atom. The number of benzene rings is 1. The van der Waals surface area contributed by atoms with Crippen LogP contribution in [0.3, 0.4) is 0 Å². The molecule has 12 heavy (non-hydrogen) atoms. The van der Waals surface area contributed by atoms with Gasteiger partial charge < -0.3 is 0 Å². The van der Waals surface area contributed by atoms with Gasteiger partial charge >= 0.3 is 0 Å². The molecule has 0 aliphatic carbocycles. The Morgan fingerprint density at radius 3 is 2.17 bits per heavy atom. The quantitative estimate of drug-likeness (QED) is 0.693. The molecule has 0 spiro atoms. The minimum absolute atomic E-state index is 0.145. The van der Waals surface area contributed by atoms with E-state index in [0.717, 1.165) is 10.9 Å². The van der Waals surface area contributed by atoms with Crippen molar-refractivity contribution in [1.82, 2.24) is 0 Å². The molecule has 0 bridgehead atoms. The van der Waals surface area contributed by atoms with Crippen LogP contribution in [0.15, 0.2) is 28.7 Å². The van der Waals surface area contributed by atoms with Crippen LogP contribution in [0, 0.1) is 0 Å². The zero-order valence-corrected chi connectivity index (χ0v) is 9.61. The zero-order valence-electron chi connectivity index (χ0n) is 7.27. The summed E-state index contributed by atoms with van der Waals surface area (Å²) in [4.78, 5) is -0.145. The van der Waals surface area contributed by atoms with E-state index in [0.29, 0.717) is 0 Å². The number of alkyl halides is 1. The highest BCUT2D eigenvalue weighted by molar-refractivity contribution is 9.10. The first kappa shape index (κ1) is 10.1. The van der Waals surface area contributed by atoms with Crippen LogP contribution in [0.1, 0.15) is 19.4 Å². The summed E-state index contributed by atoms with van der Waals surface area (Å²) in [6, 6.07) is 8.26. The molecule has 0 nitrogen and oxygen atoms in total. The molecule has 0 amide bonds. The molecule has 66 valence electrons. The van der Waals surface area contributed by atoms with Gasteiger partial charge in [0.25, 0.3) is 0 Å². The molecule has 1 rings (SSSR count). The molecule has 0 fully saturated rings. The Hall–Kier alpha value is -0.0100. The Bertz CT molecular complexity index is 246. The summed E-state index contributed by atoms with van der Waals surface area (Å²) in [5, 5.41) is 0. The van der Waals surface area contributed by atoms with E-state index in [9.17, 15) is 0 Å². The maximum atomic E-state index is 6.10. The second-order valence-electron chi connectivity index (χ2n) is 3.52. The van der Waals surface area contributed by atoms with Crippen LogP contribution in [0.4, 0.5) is 0 Å². The van der Waals surface area contributed by atoms with Crippen LogP contribution < -0.4 is 0 Å². The highest BCUT2D eigenvalue weighted by Gasteiger charge is 2.13. The first-order chi connectivity index (χ1) is 5.47. The van der Waals surface area contributed by atoms with Crippen molar-refractivity contribution in [2.24, 2.45) is 0 Å². The smallest absolute Gasteiger partial charge is 0.0430 e. The summed E-state index contributed by atoms with van der Waals surface area (Å²) in [6.07, 6.45) is 0.905. The maximum absolute atomic E-state index is 6.10. The van der Waals surface area contributed by atoms with Gasteiger partial charge in [-0.15, -0.1) is 11.6 Å². The van der Waals surface area contributed by atoms with Gasteiger partial charge in [0, 0.05) is 9.35 Å². The van der Waals surface area contributed by atoms with Crippen LogP contribution >= 0.6 is 27.5 Å². The summed E-state index contributed by atoms with van der Waals surface area (Å²) in [5.41, 5.74) is 1.28. The largest absolute Gasteiger partial charge is 0.120 e. The monoisotopic (exact) mass is 246 g/mol. The molecule has 2 heteroatoms. The van der Waals surface area contributed by atoms with Crippen LogP contribution in [0.2, 0.25) is 0 Å². The van der Waals surface area contributed by atoms with E-state index in [1.165, 1.54) is 5.56 Å². The fourth-order valence-corrected chi connectivity index (χ4v) is 1.51. The molecule has 0 N–H and O–H groups in total. The van der Waals surface area contributed by atoms with Gasteiger partial charge in [-0.25, -0.2) is 0 Å². The van der Waals surface area contributed by atoms with Crippen molar-refractivity contribution in [1.29, 1.82) is 0 Å². The van der Waals surface area contributed by atoms with E-state index in [4.69, 9.17) is 11.6 Å². The lowest BCUT2D eigenvalue weighted by Gasteiger charge is -2.15. The number of rotatable bonds is 2. The molecule has 0 saturated carbocycles. The van der Waals surface area contributed by atoms with Crippen LogP contribution in [-0.2, 0) is 6.42 Å². The molecule has 0 aliphatic heterocycles. The summed E-state index contributed by atoms with van der Waals surface area (Å²) >= 11 is 9.49. The first-order valence-corrected chi connectivity index (χ1v) is 5.08. The fraction of sp³-hybridized carbons (Fsp3) is 0.400. The lowest BCUT2D eigenvalue weighted by atomic mass is 10.0. The van der Waals surface area contributed by atoms with Crippen molar-refractivity contribution in [2.45, 2.75) is 25.1 Å². The van der Waals surface area contributed by atoms with Gasteiger partial charge in [0.15, 0.2) is 0 Å². The van der Waals surface area contributed by atoms with E-state index in [1.54, 1.807) is 0 Å². The molecular weight excluding hydrogens is 235 g/mol. The first-order valence-electron chi connectivity index (χ1n) is 3.91. The van der Waals surface area contributed by atoms with Gasteiger partial charge in [-0.2, -0.15) is 0 Å². The van der Waals surface area contributed by atoms with Gasteiger partial charge in [0.1, 0.15) is 0 Å². The lowest BCUT2D eigenvalue weighted by Crippen LogP contribution is -2.13. The number of halogens is 2. The normalized spacial score (nSPS) is 11.7. The molecular formula is C10H12BrCl. The minimum Gasteiger partial charge on any atom is -0.120 e. The van der Waals surface area contributed by atoms with Gasteiger partial charge in [0.05, 0.1) is 0 Å². The Morgan fingerprint density at radius 2 is 1.75 bits per heavy atom. The summed E-state index contributed by atoms with van der Waals surface area (Å²) in [7, 11) is 0. The average Bonchev–Trinajstić information content (AvgIpc) is 1.91. The molecule has 1 aromatic rings. The molecule has 1 aromatic carbocycles. The number of hydrogen-bond donors (Lipinski definition) is 0. The molecule has 0 saturated heterocycles. The average molecular weight is 248 g/mol. The maximum Gasteiger partial charge on any atom is 0.0430 e. The van der Waals surface area contributed by atoms with E-state index < -0.39 is 0 Å². The van der Waals surface area contributed by atoms with E-state index in [1.807, 2.05) is 26.0 Å². The highest BCUT2D eigenvalue weighted by atomic mass is 79.9. The minimum atomic E-state index is -0.145. The third-order valence-electron chi connectivity index (χ3n) is 1.54. The predicted molar refractivity (Wildman–Crippen MR) is 57.8 cm³/mol. The van der Waals surface area contributed by atoms with Crippen molar-refractivity contribution < 1.29 is 0 Å². The Balaban J connectivity index is 2.71. The highest BCUT2D eigenvalue weighted by Crippen LogP contribution is 2.20. The van der Waals surface area contributed by atoms with Gasteiger partial charge in [-0.1, -0.05) is 28.1 Å². The second-order valence-corrected chi connectivity index (χ2v) is 5.46. The van der Waals surface area contributed by atoms with Crippen LogP contribution in [-0.4, -0.2) is 4.87 Å². The van der Waals surface area contributed by atoms with Gasteiger partial charge in [-0.3, -0.25) is 0 Å². The second kappa shape index (κ2) is 3.80. The van der Waals surface area contributed by atoms with E-state index in [2.05, 4.69) is 28.1 Å². The topological polar surface area (TPSA) is 0 Å². The van der Waals surface area contributed by atoms with Crippen molar-refractivity contribution in [3.05, 3.63) is 34.3 Å². The van der Waals surface area contributed by atoms with Crippen molar-refractivity contribution in [3.8, 4) is 0 Å². The van der Waals surface area contributed by atoms with Crippen LogP contribution in [0.5, 0.6) is 0 Å². The van der Waals surface area contributed by atoms with Crippen LogP contribution in [0.25, 0.3) is 0 Å². The third-order valence-corrected chi connectivity index (χ3v) is 2.20. The molecule has 0 radical (unpaired) electrons. The lowest BCUT2D eigenvalue weighted by molar-refractivity contribution is 0.694. The van der Waals surface area contributed by atoms with E-state index in [-0.39, 0.29) is 4.87 Å². The summed E-state index contributed by atoms with van der Waals surface area (Å²) in [6.45, 7) is 4.05. The fourth-order valence-electron chi connectivity index (χ4n) is 1.09. The van der Waals surface area contributed by atoms with Gasteiger partial charge in [-0.05, 0) is 38.0 Å². The Kier molecular flexibility index (Phi) is 3.19. The molecule has 0 heterocycles. The molecule has 0 unspecified atom stereocenters. The predicted octanol–water partition coefficient (Wildman–Crippen LogP) is 4.01. The molecule has 0 aromatic heterocycles.